The van der Waals surface area contributed by atoms with E-state index in [2.05, 4.69) is 29.9 Å². The fraction of sp³-hybridized carbons (Fsp3) is 0.350. The number of rotatable bonds is 5. The van der Waals surface area contributed by atoms with Gasteiger partial charge in [-0.05, 0) is 60.6 Å². The highest BCUT2D eigenvalue weighted by atomic mass is 16.5. The Morgan fingerprint density at radius 3 is 2.70 bits per heavy atom. The molecule has 1 aliphatic rings. The Hall–Kier alpha value is -2.29. The Morgan fingerprint density at radius 1 is 1.17 bits per heavy atom. The van der Waals surface area contributed by atoms with Gasteiger partial charge in [-0.3, -0.25) is 4.79 Å². The second-order valence-corrected chi connectivity index (χ2v) is 6.01. The summed E-state index contributed by atoms with van der Waals surface area (Å²) in [4.78, 5) is 11.2. The van der Waals surface area contributed by atoms with Gasteiger partial charge in [-0.25, -0.2) is 0 Å². The van der Waals surface area contributed by atoms with Crippen molar-refractivity contribution in [3.05, 3.63) is 64.7 Å². The molecule has 0 saturated heterocycles. The van der Waals surface area contributed by atoms with Crippen molar-refractivity contribution in [2.45, 2.75) is 38.7 Å². The molecule has 3 heteroatoms. The average Bonchev–Trinajstić information content (AvgIpc) is 2.98. The van der Waals surface area contributed by atoms with Crippen molar-refractivity contribution in [1.82, 2.24) is 0 Å². The SMILES string of the molecule is COC(=O)CCc1ccc(OC2CCc3c(C)cccc32)cc1. The first-order valence-corrected chi connectivity index (χ1v) is 8.08. The van der Waals surface area contributed by atoms with Crippen LogP contribution in [-0.2, 0) is 22.4 Å². The van der Waals surface area contributed by atoms with Gasteiger partial charge in [0.2, 0.25) is 0 Å². The smallest absolute Gasteiger partial charge is 0.305 e. The molecule has 0 aliphatic heterocycles. The van der Waals surface area contributed by atoms with Crippen molar-refractivity contribution in [3.8, 4) is 5.75 Å². The molecule has 1 atom stereocenters. The number of hydrogen-bond donors (Lipinski definition) is 0. The van der Waals surface area contributed by atoms with Gasteiger partial charge in [-0.2, -0.15) is 0 Å². The van der Waals surface area contributed by atoms with Crippen LogP contribution in [0.2, 0.25) is 0 Å². The van der Waals surface area contributed by atoms with Crippen LogP contribution in [0.3, 0.4) is 0 Å². The fourth-order valence-electron chi connectivity index (χ4n) is 3.17. The maximum Gasteiger partial charge on any atom is 0.305 e. The van der Waals surface area contributed by atoms with E-state index in [9.17, 15) is 4.79 Å². The minimum atomic E-state index is -0.178. The zero-order chi connectivity index (χ0) is 16.2. The van der Waals surface area contributed by atoms with Crippen LogP contribution in [-0.4, -0.2) is 13.1 Å². The molecular weight excluding hydrogens is 288 g/mol. The third-order valence-corrected chi connectivity index (χ3v) is 4.50. The summed E-state index contributed by atoms with van der Waals surface area (Å²) in [7, 11) is 1.42. The first-order chi connectivity index (χ1) is 11.2. The number of hydrogen-bond acceptors (Lipinski definition) is 3. The molecule has 0 radical (unpaired) electrons. The second kappa shape index (κ2) is 6.86. The fourth-order valence-corrected chi connectivity index (χ4v) is 3.17. The topological polar surface area (TPSA) is 35.5 Å². The van der Waals surface area contributed by atoms with Crippen LogP contribution < -0.4 is 4.74 Å². The summed E-state index contributed by atoms with van der Waals surface area (Å²) in [5, 5.41) is 0. The van der Waals surface area contributed by atoms with Gasteiger partial charge in [0.1, 0.15) is 11.9 Å². The second-order valence-electron chi connectivity index (χ2n) is 6.01. The first-order valence-electron chi connectivity index (χ1n) is 8.08. The van der Waals surface area contributed by atoms with Crippen molar-refractivity contribution in [1.29, 1.82) is 0 Å². The van der Waals surface area contributed by atoms with Gasteiger partial charge < -0.3 is 9.47 Å². The van der Waals surface area contributed by atoms with Gasteiger partial charge in [-0.1, -0.05) is 30.3 Å². The normalized spacial score (nSPS) is 16.0. The number of carbonyl (C=O) groups is 1. The molecule has 0 bridgehead atoms. The van der Waals surface area contributed by atoms with Gasteiger partial charge in [0.15, 0.2) is 0 Å². The highest BCUT2D eigenvalue weighted by molar-refractivity contribution is 5.69. The molecule has 0 amide bonds. The van der Waals surface area contributed by atoms with Crippen molar-refractivity contribution >= 4 is 5.97 Å². The molecule has 1 unspecified atom stereocenters. The van der Waals surface area contributed by atoms with Crippen LogP contribution >= 0.6 is 0 Å². The van der Waals surface area contributed by atoms with E-state index in [-0.39, 0.29) is 12.1 Å². The minimum absolute atomic E-state index is 0.144. The van der Waals surface area contributed by atoms with Crippen molar-refractivity contribution in [2.24, 2.45) is 0 Å². The molecule has 120 valence electrons. The molecule has 0 spiro atoms. The largest absolute Gasteiger partial charge is 0.486 e. The number of methoxy groups -OCH3 is 1. The summed E-state index contributed by atoms with van der Waals surface area (Å²) in [6.45, 7) is 2.16. The van der Waals surface area contributed by atoms with Gasteiger partial charge in [-0.15, -0.1) is 0 Å². The Morgan fingerprint density at radius 2 is 1.96 bits per heavy atom. The van der Waals surface area contributed by atoms with E-state index < -0.39 is 0 Å². The quantitative estimate of drug-likeness (QED) is 0.778. The minimum Gasteiger partial charge on any atom is -0.486 e. The van der Waals surface area contributed by atoms with Crippen LogP contribution in [0.5, 0.6) is 5.75 Å². The highest BCUT2D eigenvalue weighted by Crippen LogP contribution is 2.36. The standard InChI is InChI=1S/C20H22O3/c1-14-4-3-5-18-17(14)11-12-19(18)23-16-9-6-15(7-10-16)8-13-20(21)22-2/h3-7,9-10,19H,8,11-13H2,1-2H3. The van der Waals surface area contributed by atoms with E-state index in [0.717, 1.165) is 24.2 Å². The predicted molar refractivity (Wildman–Crippen MR) is 89.6 cm³/mol. The predicted octanol–water partition coefficient (Wildman–Crippen LogP) is 4.17. The van der Waals surface area contributed by atoms with Gasteiger partial charge in [0, 0.05) is 6.42 Å². The van der Waals surface area contributed by atoms with Gasteiger partial charge >= 0.3 is 5.97 Å². The van der Waals surface area contributed by atoms with E-state index in [1.807, 2.05) is 24.3 Å². The molecule has 3 nitrogen and oxygen atoms in total. The van der Waals surface area contributed by atoms with Crippen molar-refractivity contribution in [2.75, 3.05) is 7.11 Å². The summed E-state index contributed by atoms with van der Waals surface area (Å²) in [5.41, 5.74) is 5.23. The van der Waals surface area contributed by atoms with Gasteiger partial charge in [0.05, 0.1) is 7.11 Å². The molecule has 0 saturated carbocycles. The Labute approximate surface area is 137 Å². The summed E-state index contributed by atoms with van der Waals surface area (Å²) in [6.07, 6.45) is 3.37. The van der Waals surface area contributed by atoms with Crippen LogP contribution in [0.25, 0.3) is 0 Å². The summed E-state index contributed by atoms with van der Waals surface area (Å²) in [5.74, 6) is 0.703. The third kappa shape index (κ3) is 3.55. The molecule has 0 aromatic heterocycles. The maximum absolute atomic E-state index is 11.2. The number of aryl methyl sites for hydroxylation is 2. The number of ether oxygens (including phenoxy) is 2. The van der Waals surface area contributed by atoms with Crippen molar-refractivity contribution in [3.63, 3.8) is 0 Å². The van der Waals surface area contributed by atoms with Crippen LogP contribution in [0.1, 0.15) is 41.2 Å². The molecular formula is C20H22O3. The van der Waals surface area contributed by atoms with E-state index in [1.54, 1.807) is 0 Å². The molecule has 0 N–H and O–H groups in total. The van der Waals surface area contributed by atoms with E-state index in [0.29, 0.717) is 12.8 Å². The van der Waals surface area contributed by atoms with Gasteiger partial charge in [0.25, 0.3) is 0 Å². The maximum atomic E-state index is 11.2. The molecule has 1 aliphatic carbocycles. The zero-order valence-electron chi connectivity index (χ0n) is 13.7. The lowest BCUT2D eigenvalue weighted by Gasteiger charge is -2.15. The van der Waals surface area contributed by atoms with Crippen LogP contribution in [0.4, 0.5) is 0 Å². The van der Waals surface area contributed by atoms with Crippen LogP contribution in [0.15, 0.2) is 42.5 Å². The number of carbonyl (C=O) groups excluding carboxylic acids is 1. The lowest BCUT2D eigenvalue weighted by molar-refractivity contribution is -0.140. The molecule has 2 aromatic rings. The molecule has 2 aromatic carbocycles. The Bertz CT molecular complexity index is 689. The number of esters is 1. The van der Waals surface area contributed by atoms with E-state index in [4.69, 9.17) is 4.74 Å². The Balaban J connectivity index is 1.64. The van der Waals surface area contributed by atoms with Crippen molar-refractivity contribution < 1.29 is 14.3 Å². The average molecular weight is 310 g/mol. The number of benzene rings is 2. The number of fused-ring (bicyclic) bond motifs is 1. The summed E-state index contributed by atoms with van der Waals surface area (Å²) in [6, 6.07) is 14.4. The summed E-state index contributed by atoms with van der Waals surface area (Å²) >= 11 is 0. The lowest BCUT2D eigenvalue weighted by Crippen LogP contribution is -2.04. The third-order valence-electron chi connectivity index (χ3n) is 4.50. The highest BCUT2D eigenvalue weighted by Gasteiger charge is 2.24. The summed E-state index contributed by atoms with van der Waals surface area (Å²) < 4.78 is 10.8. The molecule has 0 heterocycles. The Kier molecular flexibility index (Phi) is 4.65. The molecule has 0 fully saturated rings. The lowest BCUT2D eigenvalue weighted by atomic mass is 10.0. The monoisotopic (exact) mass is 310 g/mol. The van der Waals surface area contributed by atoms with Crippen LogP contribution in [0, 0.1) is 6.92 Å². The molecule has 23 heavy (non-hydrogen) atoms. The van der Waals surface area contributed by atoms with E-state index in [1.165, 1.54) is 23.8 Å². The molecule has 3 rings (SSSR count). The first kappa shape index (κ1) is 15.6. The zero-order valence-corrected chi connectivity index (χ0v) is 13.7. The van der Waals surface area contributed by atoms with E-state index >= 15 is 0 Å².